The molecule has 0 atom stereocenters. The third-order valence-corrected chi connectivity index (χ3v) is 4.36. The van der Waals surface area contributed by atoms with Crippen molar-refractivity contribution in [2.75, 3.05) is 11.9 Å². The summed E-state index contributed by atoms with van der Waals surface area (Å²) in [6.45, 7) is 0.865. The summed E-state index contributed by atoms with van der Waals surface area (Å²) in [7, 11) is 2.04. The van der Waals surface area contributed by atoms with E-state index in [0.717, 1.165) is 22.4 Å². The van der Waals surface area contributed by atoms with Gasteiger partial charge in [0.2, 0.25) is 0 Å². The van der Waals surface area contributed by atoms with E-state index in [2.05, 4.69) is 37.3 Å². The number of pyridine rings is 1. The van der Waals surface area contributed by atoms with Gasteiger partial charge in [0.05, 0.1) is 6.54 Å². The molecule has 2 heterocycles. The molecule has 2 nitrogen and oxygen atoms in total. The van der Waals surface area contributed by atoms with Crippen LogP contribution in [0.25, 0.3) is 0 Å². The van der Waals surface area contributed by atoms with Crippen LogP contribution in [-0.4, -0.2) is 12.0 Å². The molecule has 0 aliphatic carbocycles. The lowest BCUT2D eigenvalue weighted by Gasteiger charge is -2.17. The molecule has 5 heteroatoms. The number of anilines is 1. The minimum Gasteiger partial charge on any atom is -0.355 e. The summed E-state index contributed by atoms with van der Waals surface area (Å²) in [5.74, 6) is 1.47. The highest BCUT2D eigenvalue weighted by atomic mass is 79.9. The lowest BCUT2D eigenvalue weighted by atomic mass is 10.3. The second kappa shape index (κ2) is 5.85. The van der Waals surface area contributed by atoms with E-state index in [0.29, 0.717) is 5.88 Å². The van der Waals surface area contributed by atoms with Gasteiger partial charge >= 0.3 is 0 Å². The summed E-state index contributed by atoms with van der Waals surface area (Å²) in [5, 5.41) is 2.09. The molecule has 0 bridgehead atoms. The van der Waals surface area contributed by atoms with Crippen molar-refractivity contribution in [3.05, 3.63) is 44.7 Å². The van der Waals surface area contributed by atoms with Crippen molar-refractivity contribution >= 4 is 44.7 Å². The quantitative estimate of drug-likeness (QED) is 0.777. The molecule has 2 aromatic rings. The molecule has 0 amide bonds. The molecule has 0 spiro atoms. The summed E-state index contributed by atoms with van der Waals surface area (Å²) in [4.78, 5) is 7.82. The van der Waals surface area contributed by atoms with Crippen LogP contribution in [0.15, 0.2) is 34.2 Å². The fourth-order valence-corrected chi connectivity index (χ4v) is 3.13. The number of thiophene rings is 1. The van der Waals surface area contributed by atoms with Crippen LogP contribution < -0.4 is 4.90 Å². The third kappa shape index (κ3) is 3.44. The molecule has 0 saturated carbocycles. The number of halogens is 2. The Hall–Kier alpha value is -0.580. The van der Waals surface area contributed by atoms with Crippen molar-refractivity contribution < 1.29 is 0 Å². The highest BCUT2D eigenvalue weighted by molar-refractivity contribution is 9.10. The molecule has 0 N–H and O–H groups in total. The Morgan fingerprint density at radius 3 is 2.82 bits per heavy atom. The Morgan fingerprint density at radius 2 is 2.29 bits per heavy atom. The first-order valence-corrected chi connectivity index (χ1v) is 7.34. The van der Waals surface area contributed by atoms with Crippen LogP contribution in [0.2, 0.25) is 0 Å². The lowest BCUT2D eigenvalue weighted by Crippen LogP contribution is -2.16. The van der Waals surface area contributed by atoms with E-state index < -0.39 is 0 Å². The van der Waals surface area contributed by atoms with Gasteiger partial charge in [-0.2, -0.15) is 0 Å². The van der Waals surface area contributed by atoms with Crippen molar-refractivity contribution in [3.8, 4) is 0 Å². The maximum absolute atomic E-state index is 5.73. The Labute approximate surface area is 118 Å². The topological polar surface area (TPSA) is 16.1 Å². The van der Waals surface area contributed by atoms with Gasteiger partial charge in [-0.15, -0.1) is 22.9 Å². The van der Waals surface area contributed by atoms with Crippen molar-refractivity contribution in [2.24, 2.45) is 0 Å². The predicted octanol–water partition coefficient (Wildman–Crippen LogP) is 4.28. The molecule has 0 aliphatic heterocycles. The molecule has 17 heavy (non-hydrogen) atoms. The van der Waals surface area contributed by atoms with E-state index >= 15 is 0 Å². The maximum Gasteiger partial charge on any atom is 0.128 e. The van der Waals surface area contributed by atoms with Crippen molar-refractivity contribution in [1.82, 2.24) is 4.98 Å². The van der Waals surface area contributed by atoms with Crippen LogP contribution >= 0.6 is 38.9 Å². The van der Waals surface area contributed by atoms with E-state index in [1.165, 1.54) is 4.88 Å². The molecule has 2 rings (SSSR count). The molecule has 0 saturated heterocycles. The van der Waals surface area contributed by atoms with Crippen LogP contribution in [-0.2, 0) is 12.4 Å². The second-order valence-corrected chi connectivity index (χ2v) is 5.92. The largest absolute Gasteiger partial charge is 0.355 e. The minimum atomic E-state index is 0.509. The van der Waals surface area contributed by atoms with Gasteiger partial charge in [-0.05, 0) is 33.6 Å². The van der Waals surface area contributed by atoms with Gasteiger partial charge in [0.1, 0.15) is 5.82 Å². The zero-order valence-electron chi connectivity index (χ0n) is 9.36. The normalized spacial score (nSPS) is 10.5. The third-order valence-electron chi connectivity index (χ3n) is 2.37. The number of nitrogens with zero attached hydrogens (tertiary/aromatic N) is 2. The van der Waals surface area contributed by atoms with E-state index in [-0.39, 0.29) is 0 Å². The Balaban J connectivity index is 2.06. The van der Waals surface area contributed by atoms with E-state index in [1.54, 1.807) is 11.3 Å². The van der Waals surface area contributed by atoms with Crippen LogP contribution in [0.3, 0.4) is 0 Å². The molecule has 0 aliphatic rings. The van der Waals surface area contributed by atoms with Crippen LogP contribution in [0.5, 0.6) is 0 Å². The lowest BCUT2D eigenvalue weighted by molar-refractivity contribution is 0.910. The first kappa shape index (κ1) is 12.9. The standard InChI is InChI=1S/C12H12BrClN2S/c1-16(7-11-4-10(13)8-17-11)12-3-2-9(5-14)6-15-12/h2-4,6,8H,5,7H2,1H3. The molecule has 2 aromatic heterocycles. The Morgan fingerprint density at radius 1 is 1.47 bits per heavy atom. The van der Waals surface area contributed by atoms with Gasteiger partial charge in [-0.3, -0.25) is 0 Å². The van der Waals surface area contributed by atoms with Gasteiger partial charge in [-0.25, -0.2) is 4.98 Å². The van der Waals surface area contributed by atoms with Gasteiger partial charge < -0.3 is 4.90 Å². The van der Waals surface area contributed by atoms with Gasteiger partial charge in [-0.1, -0.05) is 6.07 Å². The van der Waals surface area contributed by atoms with Crippen molar-refractivity contribution in [2.45, 2.75) is 12.4 Å². The van der Waals surface area contributed by atoms with Crippen LogP contribution in [0.1, 0.15) is 10.4 Å². The maximum atomic E-state index is 5.73. The fraction of sp³-hybridized carbons (Fsp3) is 0.250. The number of hydrogen-bond acceptors (Lipinski definition) is 3. The number of aromatic nitrogens is 1. The first-order valence-electron chi connectivity index (χ1n) is 5.14. The summed E-state index contributed by atoms with van der Waals surface area (Å²) < 4.78 is 1.14. The Bertz CT molecular complexity index is 484. The van der Waals surface area contributed by atoms with Gasteiger partial charge in [0.15, 0.2) is 0 Å². The average molecular weight is 332 g/mol. The Kier molecular flexibility index (Phi) is 4.42. The molecule has 0 unspecified atom stereocenters. The molecule has 0 fully saturated rings. The van der Waals surface area contributed by atoms with Gasteiger partial charge in [0, 0.05) is 33.9 Å². The fourth-order valence-electron chi connectivity index (χ4n) is 1.47. The van der Waals surface area contributed by atoms with E-state index in [1.807, 2.05) is 25.4 Å². The zero-order chi connectivity index (χ0) is 12.3. The van der Waals surface area contributed by atoms with Crippen molar-refractivity contribution in [1.29, 1.82) is 0 Å². The van der Waals surface area contributed by atoms with Crippen molar-refractivity contribution in [3.63, 3.8) is 0 Å². The number of rotatable bonds is 4. The zero-order valence-corrected chi connectivity index (χ0v) is 12.5. The molecule has 0 aromatic carbocycles. The second-order valence-electron chi connectivity index (χ2n) is 3.75. The molecular formula is C12H12BrClN2S. The first-order chi connectivity index (χ1) is 8.19. The monoisotopic (exact) mass is 330 g/mol. The summed E-state index contributed by atoms with van der Waals surface area (Å²) >= 11 is 10.9. The smallest absolute Gasteiger partial charge is 0.128 e. The number of alkyl halides is 1. The SMILES string of the molecule is CN(Cc1cc(Br)cs1)c1ccc(CCl)cn1. The van der Waals surface area contributed by atoms with E-state index in [4.69, 9.17) is 11.6 Å². The van der Waals surface area contributed by atoms with Gasteiger partial charge in [0.25, 0.3) is 0 Å². The van der Waals surface area contributed by atoms with Crippen LogP contribution in [0.4, 0.5) is 5.82 Å². The highest BCUT2D eigenvalue weighted by Crippen LogP contribution is 2.22. The highest BCUT2D eigenvalue weighted by Gasteiger charge is 2.05. The number of hydrogen-bond donors (Lipinski definition) is 0. The average Bonchev–Trinajstić information content (AvgIpc) is 2.75. The van der Waals surface area contributed by atoms with E-state index in [9.17, 15) is 0 Å². The molecular weight excluding hydrogens is 320 g/mol. The predicted molar refractivity (Wildman–Crippen MR) is 77.9 cm³/mol. The molecule has 90 valence electrons. The summed E-state index contributed by atoms with van der Waals surface area (Å²) in [5.41, 5.74) is 1.04. The minimum absolute atomic E-state index is 0.509. The summed E-state index contributed by atoms with van der Waals surface area (Å²) in [6.07, 6.45) is 1.82. The van der Waals surface area contributed by atoms with Crippen LogP contribution in [0, 0.1) is 0 Å². The molecule has 0 radical (unpaired) electrons. The summed E-state index contributed by atoms with van der Waals surface area (Å²) in [6, 6.07) is 6.14.